The van der Waals surface area contributed by atoms with Crippen LogP contribution in [0, 0.1) is 11.8 Å². The van der Waals surface area contributed by atoms with Crippen LogP contribution in [-0.2, 0) is 4.79 Å². The minimum absolute atomic E-state index is 0.410. The highest BCUT2D eigenvalue weighted by molar-refractivity contribution is 5.80. The molecule has 4 unspecified atom stereocenters. The molecule has 0 bridgehead atoms. The molecule has 4 aliphatic rings. The lowest BCUT2D eigenvalue weighted by atomic mass is 10.0. The zero-order valence-corrected chi connectivity index (χ0v) is 10.3. The molecule has 17 heavy (non-hydrogen) atoms. The summed E-state index contributed by atoms with van der Waals surface area (Å²) in [6.45, 7) is 5.84. The van der Waals surface area contributed by atoms with E-state index in [2.05, 4.69) is 15.1 Å². The lowest BCUT2D eigenvalue weighted by Gasteiger charge is -2.29. The molecule has 4 aliphatic heterocycles. The SMILES string of the molecule is O=C1CC(N2CC3CNCC3C2)C2CCCN12. The van der Waals surface area contributed by atoms with Gasteiger partial charge in [-0.25, -0.2) is 0 Å². The molecule has 0 spiro atoms. The number of nitrogens with zero attached hydrogens (tertiary/aromatic N) is 2. The Balaban J connectivity index is 1.51. The van der Waals surface area contributed by atoms with E-state index in [0.29, 0.717) is 18.0 Å². The molecule has 4 nitrogen and oxygen atoms in total. The van der Waals surface area contributed by atoms with Crippen LogP contribution in [0.2, 0.25) is 0 Å². The first kappa shape index (κ1) is 10.3. The number of fused-ring (bicyclic) bond motifs is 2. The molecule has 94 valence electrons. The van der Waals surface area contributed by atoms with Crippen LogP contribution >= 0.6 is 0 Å². The van der Waals surface area contributed by atoms with Gasteiger partial charge in [0.15, 0.2) is 0 Å². The summed E-state index contributed by atoms with van der Waals surface area (Å²) in [7, 11) is 0. The van der Waals surface area contributed by atoms with E-state index in [-0.39, 0.29) is 0 Å². The normalized spacial score (nSPS) is 45.6. The smallest absolute Gasteiger partial charge is 0.224 e. The van der Waals surface area contributed by atoms with Crippen LogP contribution in [0.3, 0.4) is 0 Å². The van der Waals surface area contributed by atoms with Gasteiger partial charge in [0.05, 0.1) is 0 Å². The van der Waals surface area contributed by atoms with Gasteiger partial charge in [0, 0.05) is 38.1 Å². The molecule has 0 aliphatic carbocycles. The summed E-state index contributed by atoms with van der Waals surface area (Å²) < 4.78 is 0. The van der Waals surface area contributed by atoms with Crippen molar-refractivity contribution in [3.63, 3.8) is 0 Å². The molecular weight excluding hydrogens is 214 g/mol. The van der Waals surface area contributed by atoms with E-state index >= 15 is 0 Å². The highest BCUT2D eigenvalue weighted by Crippen LogP contribution is 2.36. The van der Waals surface area contributed by atoms with Crippen LogP contribution in [0.25, 0.3) is 0 Å². The van der Waals surface area contributed by atoms with E-state index in [9.17, 15) is 4.79 Å². The van der Waals surface area contributed by atoms with Crippen LogP contribution in [-0.4, -0.2) is 60.5 Å². The summed E-state index contributed by atoms with van der Waals surface area (Å²) in [6, 6.07) is 1.09. The van der Waals surface area contributed by atoms with Crippen molar-refractivity contribution in [2.24, 2.45) is 11.8 Å². The Labute approximate surface area is 102 Å². The Hall–Kier alpha value is -0.610. The second-order valence-corrected chi connectivity index (χ2v) is 6.20. The zero-order chi connectivity index (χ0) is 11.4. The minimum Gasteiger partial charge on any atom is -0.338 e. The van der Waals surface area contributed by atoms with Gasteiger partial charge in [-0.15, -0.1) is 0 Å². The third kappa shape index (κ3) is 1.47. The fourth-order valence-corrected chi connectivity index (χ4v) is 4.47. The summed E-state index contributed by atoms with van der Waals surface area (Å²) >= 11 is 0. The van der Waals surface area contributed by atoms with Gasteiger partial charge < -0.3 is 10.2 Å². The van der Waals surface area contributed by atoms with Gasteiger partial charge in [0.25, 0.3) is 0 Å². The van der Waals surface area contributed by atoms with E-state index in [1.807, 2.05) is 0 Å². The Morgan fingerprint density at radius 2 is 1.88 bits per heavy atom. The van der Waals surface area contributed by atoms with Gasteiger partial charge in [-0.3, -0.25) is 9.69 Å². The number of amides is 1. The zero-order valence-electron chi connectivity index (χ0n) is 10.3. The molecule has 0 aromatic heterocycles. The Morgan fingerprint density at radius 3 is 2.65 bits per heavy atom. The lowest BCUT2D eigenvalue weighted by molar-refractivity contribution is -0.127. The summed E-state index contributed by atoms with van der Waals surface area (Å²) in [4.78, 5) is 16.7. The van der Waals surface area contributed by atoms with Gasteiger partial charge in [0.2, 0.25) is 5.91 Å². The quantitative estimate of drug-likeness (QED) is 0.689. The highest BCUT2D eigenvalue weighted by atomic mass is 16.2. The number of hydrogen-bond acceptors (Lipinski definition) is 3. The topological polar surface area (TPSA) is 35.6 Å². The van der Waals surface area contributed by atoms with Crippen molar-refractivity contribution in [3.8, 4) is 0 Å². The predicted octanol–water partition coefficient (Wildman–Crippen LogP) is -0.0991. The molecule has 1 amide bonds. The number of nitrogens with one attached hydrogen (secondary N) is 1. The van der Waals surface area contributed by atoms with Crippen molar-refractivity contribution in [1.29, 1.82) is 0 Å². The fourth-order valence-electron chi connectivity index (χ4n) is 4.47. The average molecular weight is 235 g/mol. The molecule has 4 rings (SSSR count). The van der Waals surface area contributed by atoms with Crippen LogP contribution < -0.4 is 5.32 Å². The lowest BCUT2D eigenvalue weighted by Crippen LogP contribution is -2.42. The Morgan fingerprint density at radius 1 is 1.12 bits per heavy atom. The fraction of sp³-hybridized carbons (Fsp3) is 0.923. The molecule has 4 saturated heterocycles. The molecule has 1 N–H and O–H groups in total. The Bertz CT molecular complexity index is 334. The molecule has 4 fully saturated rings. The van der Waals surface area contributed by atoms with Crippen LogP contribution in [0.4, 0.5) is 0 Å². The van der Waals surface area contributed by atoms with E-state index in [1.165, 1.54) is 39.0 Å². The van der Waals surface area contributed by atoms with Crippen molar-refractivity contribution in [3.05, 3.63) is 0 Å². The maximum absolute atomic E-state index is 12.0. The van der Waals surface area contributed by atoms with Crippen LogP contribution in [0.5, 0.6) is 0 Å². The predicted molar refractivity (Wildman–Crippen MR) is 64.6 cm³/mol. The molecule has 0 aromatic carbocycles. The average Bonchev–Trinajstić information content (AvgIpc) is 2.98. The summed E-state index contributed by atoms with van der Waals surface area (Å²) in [5, 5.41) is 3.49. The first-order valence-corrected chi connectivity index (χ1v) is 7.07. The van der Waals surface area contributed by atoms with Gasteiger partial charge in [-0.2, -0.15) is 0 Å². The number of hydrogen-bond donors (Lipinski definition) is 1. The molecular formula is C13H21N3O. The largest absolute Gasteiger partial charge is 0.338 e. The number of rotatable bonds is 1. The van der Waals surface area contributed by atoms with Crippen molar-refractivity contribution >= 4 is 5.91 Å². The molecule has 0 radical (unpaired) electrons. The number of carbonyl (C=O) groups is 1. The first-order valence-electron chi connectivity index (χ1n) is 7.07. The van der Waals surface area contributed by atoms with Crippen molar-refractivity contribution in [1.82, 2.24) is 15.1 Å². The van der Waals surface area contributed by atoms with E-state index < -0.39 is 0 Å². The monoisotopic (exact) mass is 235 g/mol. The molecule has 4 atom stereocenters. The molecule has 0 aromatic rings. The Kier molecular flexibility index (Phi) is 2.24. The minimum atomic E-state index is 0.410. The summed E-state index contributed by atoms with van der Waals surface area (Å²) in [6.07, 6.45) is 3.24. The van der Waals surface area contributed by atoms with Gasteiger partial charge in [0.1, 0.15) is 0 Å². The number of carbonyl (C=O) groups excluding carboxylic acids is 1. The van der Waals surface area contributed by atoms with Gasteiger partial charge >= 0.3 is 0 Å². The van der Waals surface area contributed by atoms with Crippen LogP contribution in [0.1, 0.15) is 19.3 Å². The highest BCUT2D eigenvalue weighted by Gasteiger charge is 2.48. The maximum Gasteiger partial charge on any atom is 0.224 e. The van der Waals surface area contributed by atoms with Crippen LogP contribution in [0.15, 0.2) is 0 Å². The first-order chi connectivity index (χ1) is 8.33. The van der Waals surface area contributed by atoms with E-state index in [4.69, 9.17) is 0 Å². The van der Waals surface area contributed by atoms with E-state index in [0.717, 1.165) is 24.8 Å². The second kappa shape index (κ2) is 3.69. The third-order valence-electron chi connectivity index (χ3n) is 5.33. The van der Waals surface area contributed by atoms with Gasteiger partial charge in [-0.05, 0) is 37.8 Å². The summed E-state index contributed by atoms with van der Waals surface area (Å²) in [5.41, 5.74) is 0. The number of likely N-dealkylation sites (tertiary alicyclic amines) is 1. The van der Waals surface area contributed by atoms with E-state index in [1.54, 1.807) is 0 Å². The third-order valence-corrected chi connectivity index (χ3v) is 5.33. The molecule has 0 saturated carbocycles. The second-order valence-electron chi connectivity index (χ2n) is 6.20. The standard InChI is InChI=1S/C13H21N3O/c17-13-4-12(11-2-1-3-16(11)13)15-7-9-5-14-6-10(9)8-15/h9-12,14H,1-8H2. The molecule has 4 heteroatoms. The van der Waals surface area contributed by atoms with Crippen molar-refractivity contribution < 1.29 is 4.79 Å². The van der Waals surface area contributed by atoms with Crippen molar-refractivity contribution in [2.45, 2.75) is 31.3 Å². The maximum atomic E-state index is 12.0. The summed E-state index contributed by atoms with van der Waals surface area (Å²) in [5.74, 6) is 2.11. The van der Waals surface area contributed by atoms with Gasteiger partial charge in [-0.1, -0.05) is 0 Å². The van der Waals surface area contributed by atoms with Crippen molar-refractivity contribution in [2.75, 3.05) is 32.7 Å². The molecule has 4 heterocycles.